The lowest BCUT2D eigenvalue weighted by atomic mass is 10.00. The molecular weight excluding hydrogens is 292 g/mol. The monoisotopic (exact) mass is 318 g/mol. The molecule has 0 saturated heterocycles. The highest BCUT2D eigenvalue weighted by Gasteiger charge is 2.06. The van der Waals surface area contributed by atoms with Gasteiger partial charge >= 0.3 is 0 Å². The van der Waals surface area contributed by atoms with Crippen LogP contribution in [-0.2, 0) is 13.0 Å². The Hall–Kier alpha value is -2.74. The van der Waals surface area contributed by atoms with E-state index in [1.165, 1.54) is 11.1 Å². The molecule has 2 aromatic carbocycles. The molecule has 0 bridgehead atoms. The number of hydrogen-bond acceptors (Lipinski definition) is 2. The molecule has 2 heteroatoms. The van der Waals surface area contributed by atoms with Gasteiger partial charge in [-0.1, -0.05) is 73.8 Å². The summed E-state index contributed by atoms with van der Waals surface area (Å²) in [6.07, 6.45) is 1.76. The molecule has 2 nitrogen and oxygen atoms in total. The molecule has 0 aliphatic heterocycles. The van der Waals surface area contributed by atoms with Crippen LogP contribution in [0.2, 0.25) is 0 Å². The Morgan fingerprint density at radius 3 is 2.08 bits per heavy atom. The molecule has 0 heterocycles. The van der Waals surface area contributed by atoms with Crippen LogP contribution in [0.4, 0.5) is 0 Å². The molecule has 2 aromatic rings. The Labute approximate surface area is 145 Å². The van der Waals surface area contributed by atoms with E-state index in [4.69, 9.17) is 5.73 Å². The first kappa shape index (κ1) is 17.6. The normalized spacial score (nSPS) is 10.2. The summed E-state index contributed by atoms with van der Waals surface area (Å²) in [4.78, 5) is 0. The topological polar surface area (TPSA) is 38.0 Å². The SMILES string of the molecule is C=C(N)CCc1ccc(CNC(=C)c2ccccc2C(=C)C)cc1. The summed E-state index contributed by atoms with van der Waals surface area (Å²) >= 11 is 0. The van der Waals surface area contributed by atoms with Crippen molar-refractivity contribution >= 4 is 11.3 Å². The number of hydrogen-bond donors (Lipinski definition) is 2. The van der Waals surface area contributed by atoms with E-state index < -0.39 is 0 Å². The largest absolute Gasteiger partial charge is 0.403 e. The van der Waals surface area contributed by atoms with Gasteiger partial charge in [-0.2, -0.15) is 0 Å². The number of nitrogens with two attached hydrogens (primary N) is 1. The van der Waals surface area contributed by atoms with Crippen molar-refractivity contribution < 1.29 is 0 Å². The van der Waals surface area contributed by atoms with Crippen LogP contribution in [0.5, 0.6) is 0 Å². The van der Waals surface area contributed by atoms with E-state index in [1.807, 2.05) is 19.1 Å². The van der Waals surface area contributed by atoms with E-state index in [9.17, 15) is 0 Å². The lowest BCUT2D eigenvalue weighted by molar-refractivity contribution is 0.885. The summed E-state index contributed by atoms with van der Waals surface area (Å²) in [5.74, 6) is 0. The minimum atomic E-state index is 0.730. The fourth-order valence-corrected chi connectivity index (χ4v) is 2.55. The number of allylic oxidation sites excluding steroid dienone is 2. The second-order valence-electron chi connectivity index (χ2n) is 6.13. The van der Waals surface area contributed by atoms with E-state index in [1.54, 1.807) is 0 Å². The zero-order valence-corrected chi connectivity index (χ0v) is 14.4. The van der Waals surface area contributed by atoms with Gasteiger partial charge in [0, 0.05) is 23.5 Å². The Kier molecular flexibility index (Phi) is 6.02. The number of rotatable bonds is 8. The summed E-state index contributed by atoms with van der Waals surface area (Å²) < 4.78 is 0. The van der Waals surface area contributed by atoms with Crippen molar-refractivity contribution in [3.8, 4) is 0 Å². The van der Waals surface area contributed by atoms with E-state index in [0.29, 0.717) is 0 Å². The molecule has 124 valence electrons. The van der Waals surface area contributed by atoms with Crippen LogP contribution in [-0.4, -0.2) is 0 Å². The quantitative estimate of drug-likeness (QED) is 0.727. The van der Waals surface area contributed by atoms with Gasteiger partial charge in [-0.05, 0) is 36.5 Å². The van der Waals surface area contributed by atoms with Crippen molar-refractivity contribution in [2.75, 3.05) is 0 Å². The summed E-state index contributed by atoms with van der Waals surface area (Å²) in [6.45, 7) is 14.7. The van der Waals surface area contributed by atoms with Crippen LogP contribution >= 0.6 is 0 Å². The maximum atomic E-state index is 5.62. The van der Waals surface area contributed by atoms with Gasteiger partial charge in [0.1, 0.15) is 0 Å². The molecule has 0 spiro atoms. The number of benzene rings is 2. The average molecular weight is 318 g/mol. The highest BCUT2D eigenvalue weighted by molar-refractivity contribution is 5.76. The van der Waals surface area contributed by atoms with Gasteiger partial charge in [0.25, 0.3) is 0 Å². The van der Waals surface area contributed by atoms with Crippen molar-refractivity contribution in [3.05, 3.63) is 96.2 Å². The molecule has 0 aliphatic rings. The Morgan fingerprint density at radius 2 is 1.50 bits per heavy atom. The molecule has 0 amide bonds. The van der Waals surface area contributed by atoms with E-state index in [0.717, 1.165) is 47.5 Å². The Bertz CT molecular complexity index is 739. The fourth-order valence-electron chi connectivity index (χ4n) is 2.55. The predicted molar refractivity (Wildman–Crippen MR) is 105 cm³/mol. The molecule has 3 N–H and O–H groups in total. The third-order valence-corrected chi connectivity index (χ3v) is 3.98. The van der Waals surface area contributed by atoms with Crippen molar-refractivity contribution in [1.29, 1.82) is 0 Å². The van der Waals surface area contributed by atoms with Crippen molar-refractivity contribution in [3.63, 3.8) is 0 Å². The molecule has 2 rings (SSSR count). The lowest BCUT2D eigenvalue weighted by Crippen LogP contribution is -2.12. The standard InChI is InChI=1S/C22H26N2/c1-16(2)21-7-5-6-8-22(21)18(4)24-15-20-13-11-19(12-14-20)10-9-17(3)23/h5-8,11-14,24H,1,3-4,9-10,15,23H2,2H3. The van der Waals surface area contributed by atoms with Gasteiger partial charge in [0.05, 0.1) is 0 Å². The van der Waals surface area contributed by atoms with Gasteiger partial charge in [-0.25, -0.2) is 0 Å². The average Bonchev–Trinajstić information content (AvgIpc) is 2.58. The van der Waals surface area contributed by atoms with Crippen LogP contribution in [0.15, 0.2) is 74.0 Å². The van der Waals surface area contributed by atoms with Crippen LogP contribution in [0, 0.1) is 0 Å². The first-order valence-corrected chi connectivity index (χ1v) is 8.16. The molecule has 0 unspecified atom stereocenters. The summed E-state index contributed by atoms with van der Waals surface area (Å²) in [5, 5.41) is 3.41. The van der Waals surface area contributed by atoms with Gasteiger partial charge < -0.3 is 11.1 Å². The van der Waals surface area contributed by atoms with Gasteiger partial charge in [-0.15, -0.1) is 0 Å². The first-order valence-electron chi connectivity index (χ1n) is 8.16. The van der Waals surface area contributed by atoms with Crippen LogP contribution in [0.1, 0.15) is 35.6 Å². The van der Waals surface area contributed by atoms with Gasteiger partial charge in [-0.3, -0.25) is 0 Å². The second kappa shape index (κ2) is 8.21. The molecular formula is C22H26N2. The van der Waals surface area contributed by atoms with Gasteiger partial charge in [0.15, 0.2) is 0 Å². The summed E-state index contributed by atoms with van der Waals surface area (Å²) in [7, 11) is 0. The van der Waals surface area contributed by atoms with Crippen LogP contribution in [0.3, 0.4) is 0 Å². The Morgan fingerprint density at radius 1 is 0.917 bits per heavy atom. The molecule has 24 heavy (non-hydrogen) atoms. The maximum absolute atomic E-state index is 5.62. The predicted octanol–water partition coefficient (Wildman–Crippen LogP) is 4.89. The Balaban J connectivity index is 1.97. The minimum Gasteiger partial charge on any atom is -0.403 e. The molecule has 0 atom stereocenters. The van der Waals surface area contributed by atoms with Crippen molar-refractivity contribution in [1.82, 2.24) is 5.32 Å². The van der Waals surface area contributed by atoms with E-state index in [2.05, 4.69) is 61.5 Å². The zero-order valence-electron chi connectivity index (χ0n) is 14.4. The molecule has 0 aromatic heterocycles. The molecule has 0 saturated carbocycles. The summed E-state index contributed by atoms with van der Waals surface area (Å²) in [5.41, 5.74) is 13.0. The van der Waals surface area contributed by atoms with Crippen molar-refractivity contribution in [2.24, 2.45) is 5.73 Å². The number of nitrogens with one attached hydrogen (secondary N) is 1. The second-order valence-corrected chi connectivity index (χ2v) is 6.13. The number of aryl methyl sites for hydroxylation is 1. The van der Waals surface area contributed by atoms with Crippen LogP contribution < -0.4 is 11.1 Å². The summed E-state index contributed by atoms with van der Waals surface area (Å²) in [6, 6.07) is 16.8. The highest BCUT2D eigenvalue weighted by atomic mass is 14.9. The van der Waals surface area contributed by atoms with E-state index >= 15 is 0 Å². The minimum absolute atomic E-state index is 0.730. The third kappa shape index (κ3) is 4.88. The molecule has 0 fully saturated rings. The van der Waals surface area contributed by atoms with Crippen LogP contribution in [0.25, 0.3) is 11.3 Å². The van der Waals surface area contributed by atoms with E-state index in [-0.39, 0.29) is 0 Å². The zero-order chi connectivity index (χ0) is 17.5. The maximum Gasteiger partial charge on any atom is 0.0400 e. The fraction of sp³-hybridized carbons (Fsp3) is 0.182. The van der Waals surface area contributed by atoms with Crippen molar-refractivity contribution in [2.45, 2.75) is 26.3 Å². The molecule has 0 aliphatic carbocycles. The highest BCUT2D eigenvalue weighted by Crippen LogP contribution is 2.22. The lowest BCUT2D eigenvalue weighted by Gasteiger charge is -2.14. The smallest absolute Gasteiger partial charge is 0.0400 e. The van der Waals surface area contributed by atoms with Gasteiger partial charge in [0.2, 0.25) is 0 Å². The first-order chi connectivity index (χ1) is 11.5. The third-order valence-electron chi connectivity index (χ3n) is 3.98. The molecule has 0 radical (unpaired) electrons.